The van der Waals surface area contributed by atoms with Gasteiger partial charge in [-0.2, -0.15) is 4.39 Å². The first-order valence-electron chi connectivity index (χ1n) is 14.9. The lowest BCUT2D eigenvalue weighted by atomic mass is 9.93. The Morgan fingerprint density at radius 1 is 1.09 bits per heavy atom. The molecule has 0 saturated heterocycles. The van der Waals surface area contributed by atoms with Crippen molar-refractivity contribution in [3.63, 3.8) is 0 Å². The van der Waals surface area contributed by atoms with E-state index in [2.05, 4.69) is 9.98 Å². The number of aromatic nitrogens is 1. The van der Waals surface area contributed by atoms with E-state index >= 15 is 8.78 Å². The number of esters is 1. The minimum Gasteiger partial charge on any atom is -0.504 e. The van der Waals surface area contributed by atoms with E-state index in [0.717, 1.165) is 17.3 Å². The van der Waals surface area contributed by atoms with Crippen LogP contribution < -0.4 is 20.1 Å². The third-order valence-electron chi connectivity index (χ3n) is 7.99. The second-order valence-corrected chi connectivity index (χ2v) is 11.0. The molecule has 0 fully saturated rings. The number of fused-ring (bicyclic) bond motifs is 1. The van der Waals surface area contributed by atoms with Gasteiger partial charge in [0.1, 0.15) is 23.5 Å². The number of nitrogens with one attached hydrogen (secondary N) is 1. The maximum Gasteiger partial charge on any atom is 0.329 e. The zero-order valence-electron chi connectivity index (χ0n) is 25.7. The van der Waals surface area contributed by atoms with Gasteiger partial charge in [0.05, 0.1) is 24.9 Å². The first-order chi connectivity index (χ1) is 22.6. The molecule has 3 aromatic carbocycles. The maximum atomic E-state index is 15.8. The Labute approximate surface area is 269 Å². The summed E-state index contributed by atoms with van der Waals surface area (Å²) in [5, 5.41) is 17.9. The molecular weight excluding hydrogens is 610 g/mol. The molecule has 6 rings (SSSR count). The van der Waals surface area contributed by atoms with E-state index in [9.17, 15) is 9.90 Å². The molecule has 11 nitrogen and oxygen atoms in total. The number of nitrogen functional groups attached to an aromatic ring is 1. The highest BCUT2D eigenvalue weighted by molar-refractivity contribution is 6.03. The number of carbonyl (C=O) groups is 1. The summed E-state index contributed by atoms with van der Waals surface area (Å²) < 4.78 is 47.8. The molecule has 1 unspecified atom stereocenters. The molecule has 0 amide bonds. The molecule has 3 heterocycles. The predicted octanol–water partition coefficient (Wildman–Crippen LogP) is 5.12. The molecule has 242 valence electrons. The van der Waals surface area contributed by atoms with Crippen LogP contribution in [0.4, 0.5) is 14.5 Å². The van der Waals surface area contributed by atoms with Gasteiger partial charge >= 0.3 is 5.97 Å². The lowest BCUT2D eigenvalue weighted by Crippen LogP contribution is -2.46. The van der Waals surface area contributed by atoms with Gasteiger partial charge in [-0.15, -0.1) is 0 Å². The van der Waals surface area contributed by atoms with Crippen LogP contribution in [-0.2, 0) is 22.5 Å². The number of aliphatic imine (C=N–C) groups is 1. The largest absolute Gasteiger partial charge is 0.504 e. The van der Waals surface area contributed by atoms with Gasteiger partial charge in [0.15, 0.2) is 17.3 Å². The summed E-state index contributed by atoms with van der Waals surface area (Å²) in [6, 6.07) is 16.2. The second kappa shape index (κ2) is 12.9. The number of aromatic hydroxyl groups is 1. The van der Waals surface area contributed by atoms with E-state index in [1.54, 1.807) is 25.1 Å². The topological polar surface area (TPSA) is 147 Å². The van der Waals surface area contributed by atoms with Crippen molar-refractivity contribution < 1.29 is 32.9 Å². The highest BCUT2D eigenvalue weighted by Crippen LogP contribution is 2.39. The number of phenolic OH excluding ortho intramolecular Hbond substituents is 1. The highest BCUT2D eigenvalue weighted by atomic mass is 19.1. The summed E-state index contributed by atoms with van der Waals surface area (Å²) in [4.78, 5) is 25.3. The Kier molecular flexibility index (Phi) is 8.61. The van der Waals surface area contributed by atoms with Gasteiger partial charge in [0, 0.05) is 37.8 Å². The lowest BCUT2D eigenvalue weighted by Gasteiger charge is -2.37. The summed E-state index contributed by atoms with van der Waals surface area (Å²) in [6.45, 7) is 3.57. The SMILES string of the molecule is CCOC(=O)C1Cc2ccccc2CN1c1ccc(Oc2c(F)cnc(Oc3cc(C(=N)N)ccc3O)c2F)c(C2=NCCN2C)c1. The molecule has 0 saturated carbocycles. The van der Waals surface area contributed by atoms with Crippen LogP contribution in [0.15, 0.2) is 71.9 Å². The fourth-order valence-corrected chi connectivity index (χ4v) is 5.60. The molecular formula is C34H32F2N6O5. The molecule has 2 aliphatic heterocycles. The van der Waals surface area contributed by atoms with Crippen molar-refractivity contribution in [2.45, 2.75) is 25.9 Å². The Hall–Kier alpha value is -5.72. The Morgan fingerprint density at radius 2 is 1.87 bits per heavy atom. The molecule has 1 atom stereocenters. The molecule has 2 aliphatic rings. The second-order valence-electron chi connectivity index (χ2n) is 11.0. The number of ether oxygens (including phenoxy) is 3. The molecule has 0 spiro atoms. The van der Waals surface area contributed by atoms with Gasteiger partial charge in [0.25, 0.3) is 5.88 Å². The van der Waals surface area contributed by atoms with Crippen LogP contribution in [0, 0.1) is 17.0 Å². The van der Waals surface area contributed by atoms with Crippen molar-refractivity contribution in [3.05, 3.63) is 101 Å². The average molecular weight is 643 g/mol. The number of amidine groups is 2. The van der Waals surface area contributed by atoms with E-state index in [-0.39, 0.29) is 41.2 Å². The number of hydrogen-bond acceptors (Lipinski definition) is 10. The van der Waals surface area contributed by atoms with E-state index in [1.807, 2.05) is 41.1 Å². The molecule has 13 heteroatoms. The predicted molar refractivity (Wildman–Crippen MR) is 171 cm³/mol. The molecule has 0 bridgehead atoms. The number of pyridine rings is 1. The van der Waals surface area contributed by atoms with E-state index in [1.165, 1.54) is 18.2 Å². The first kappa shape index (κ1) is 31.3. The van der Waals surface area contributed by atoms with Crippen LogP contribution in [0.2, 0.25) is 0 Å². The number of nitrogens with zero attached hydrogens (tertiary/aromatic N) is 4. The molecule has 4 aromatic rings. The Bertz CT molecular complexity index is 1900. The highest BCUT2D eigenvalue weighted by Gasteiger charge is 2.34. The molecule has 0 radical (unpaired) electrons. The zero-order valence-corrected chi connectivity index (χ0v) is 25.7. The molecule has 1 aromatic heterocycles. The molecule has 47 heavy (non-hydrogen) atoms. The average Bonchev–Trinajstić information content (AvgIpc) is 3.50. The number of phenols is 1. The number of carbonyl (C=O) groups excluding carboxylic acids is 1. The summed E-state index contributed by atoms with van der Waals surface area (Å²) in [6.07, 6.45) is 1.19. The van der Waals surface area contributed by atoms with Crippen LogP contribution in [-0.4, -0.2) is 65.4 Å². The minimum absolute atomic E-state index is 0.0997. The summed E-state index contributed by atoms with van der Waals surface area (Å²) in [5.74, 6) is -4.44. The molecule has 4 N–H and O–H groups in total. The minimum atomic E-state index is -1.26. The van der Waals surface area contributed by atoms with Crippen molar-refractivity contribution in [1.29, 1.82) is 5.41 Å². The standard InChI is InChI=1S/C34H32F2N6O5/c1-3-45-34(44)25-14-19-6-4-5-7-21(19)18-42(25)22-9-11-27(23(16-22)32-39-12-13-41(32)2)46-30-24(35)17-40-33(29(30)36)47-28-15-20(31(37)38)8-10-26(28)43/h4-11,15-17,25,43H,3,12-14,18H2,1-2H3,(H3,37,38). The zero-order chi connectivity index (χ0) is 33.2. The number of rotatable bonds is 9. The van der Waals surface area contributed by atoms with Crippen LogP contribution in [0.5, 0.6) is 28.9 Å². The number of benzene rings is 3. The van der Waals surface area contributed by atoms with Gasteiger partial charge in [-0.25, -0.2) is 14.2 Å². The van der Waals surface area contributed by atoms with Gasteiger partial charge in [-0.1, -0.05) is 24.3 Å². The van der Waals surface area contributed by atoms with Crippen molar-refractivity contribution >= 4 is 23.3 Å². The van der Waals surface area contributed by atoms with Crippen LogP contribution in [0.1, 0.15) is 29.2 Å². The van der Waals surface area contributed by atoms with Gasteiger partial charge in [0.2, 0.25) is 11.6 Å². The number of anilines is 1. The maximum absolute atomic E-state index is 15.8. The van der Waals surface area contributed by atoms with Gasteiger partial charge in [-0.3, -0.25) is 10.4 Å². The van der Waals surface area contributed by atoms with Crippen molar-refractivity contribution in [3.8, 4) is 28.9 Å². The van der Waals surface area contributed by atoms with E-state index < -0.39 is 29.3 Å². The normalized spacial score (nSPS) is 15.6. The van der Waals surface area contributed by atoms with Gasteiger partial charge in [-0.05, 0) is 54.4 Å². The lowest BCUT2D eigenvalue weighted by molar-refractivity contribution is -0.144. The van der Waals surface area contributed by atoms with Crippen molar-refractivity contribution in [2.24, 2.45) is 10.7 Å². The molecule has 0 aliphatic carbocycles. The number of nitrogens with two attached hydrogens (primary N) is 1. The smallest absolute Gasteiger partial charge is 0.329 e. The fourth-order valence-electron chi connectivity index (χ4n) is 5.60. The van der Waals surface area contributed by atoms with Crippen LogP contribution in [0.3, 0.4) is 0 Å². The summed E-state index contributed by atoms with van der Waals surface area (Å²) in [7, 11) is 1.85. The van der Waals surface area contributed by atoms with Gasteiger partial charge < -0.3 is 34.9 Å². The number of likely N-dealkylation sites (N-methyl/N-ethyl adjacent to an activating group) is 1. The van der Waals surface area contributed by atoms with E-state index in [0.29, 0.717) is 43.1 Å². The number of halogens is 2. The third-order valence-corrected chi connectivity index (χ3v) is 7.99. The van der Waals surface area contributed by atoms with Crippen LogP contribution >= 0.6 is 0 Å². The third kappa shape index (κ3) is 6.24. The number of hydrogen-bond donors (Lipinski definition) is 3. The first-order valence-corrected chi connectivity index (χ1v) is 14.9. The monoisotopic (exact) mass is 642 g/mol. The Balaban J connectivity index is 1.39. The summed E-state index contributed by atoms with van der Waals surface area (Å²) >= 11 is 0. The fraction of sp³-hybridized carbons (Fsp3) is 0.235. The quantitative estimate of drug-likeness (QED) is 0.129. The van der Waals surface area contributed by atoms with E-state index in [4.69, 9.17) is 25.4 Å². The van der Waals surface area contributed by atoms with Crippen molar-refractivity contribution in [1.82, 2.24) is 9.88 Å². The van der Waals surface area contributed by atoms with Crippen molar-refractivity contribution in [2.75, 3.05) is 31.6 Å². The summed E-state index contributed by atoms with van der Waals surface area (Å²) in [5.41, 5.74) is 8.99. The van der Waals surface area contributed by atoms with Crippen LogP contribution in [0.25, 0.3) is 0 Å². The Morgan fingerprint density at radius 3 is 2.60 bits per heavy atom.